The molecule has 214 valence electrons. The smallest absolute Gasteiger partial charge is 0.217 e. The van der Waals surface area contributed by atoms with Crippen LogP contribution in [0.3, 0.4) is 0 Å². The van der Waals surface area contributed by atoms with Crippen LogP contribution in [0.2, 0.25) is 0 Å². The third-order valence-electron chi connectivity index (χ3n) is 7.08. The van der Waals surface area contributed by atoms with Crippen LogP contribution in [-0.4, -0.2) is 67.3 Å². The summed E-state index contributed by atoms with van der Waals surface area (Å²) >= 11 is 2.94. The molecule has 0 saturated carbocycles. The maximum absolute atomic E-state index is 16.2. The van der Waals surface area contributed by atoms with E-state index in [0.29, 0.717) is 34.1 Å². The zero-order chi connectivity index (χ0) is 29.7. The Bertz CT molecular complexity index is 1570. The average molecular weight is 593 g/mol. The predicted molar refractivity (Wildman–Crippen MR) is 163 cm³/mol. The van der Waals surface area contributed by atoms with Gasteiger partial charge in [-0.2, -0.15) is 5.26 Å². The molecule has 0 radical (unpaired) electrons. The van der Waals surface area contributed by atoms with E-state index in [1.807, 2.05) is 49.7 Å². The summed E-state index contributed by atoms with van der Waals surface area (Å²) in [6.07, 6.45) is 4.11. The van der Waals surface area contributed by atoms with Crippen LogP contribution in [0, 0.1) is 17.1 Å². The molecule has 0 aliphatic heterocycles. The topological polar surface area (TPSA) is 91.5 Å². The van der Waals surface area contributed by atoms with Crippen molar-refractivity contribution in [2.75, 3.05) is 47.4 Å². The number of hydrogen-bond donors (Lipinski definition) is 1. The lowest BCUT2D eigenvalue weighted by Crippen LogP contribution is -2.38. The fourth-order valence-electron chi connectivity index (χ4n) is 4.99. The van der Waals surface area contributed by atoms with Crippen LogP contribution in [0.1, 0.15) is 34.6 Å². The Labute approximate surface area is 248 Å². The fourth-order valence-corrected chi connectivity index (χ4v) is 5.92. The van der Waals surface area contributed by atoms with E-state index in [1.54, 1.807) is 36.4 Å². The highest BCUT2D eigenvalue weighted by molar-refractivity contribution is 7.99. The summed E-state index contributed by atoms with van der Waals surface area (Å²) in [6, 6.07) is 17.8. The Kier molecular flexibility index (Phi) is 9.76. The van der Waals surface area contributed by atoms with Gasteiger partial charge in [-0.1, -0.05) is 12.1 Å². The first-order valence-electron chi connectivity index (χ1n) is 12.9. The van der Waals surface area contributed by atoms with E-state index in [-0.39, 0.29) is 23.6 Å². The lowest BCUT2D eigenvalue weighted by atomic mass is 9.71. The van der Waals surface area contributed by atoms with E-state index < -0.39 is 17.3 Å². The molecule has 4 aromatic rings. The molecule has 10 heteroatoms. The molecule has 4 rings (SSSR count). The van der Waals surface area contributed by atoms with E-state index in [2.05, 4.69) is 11.1 Å². The SMILES string of the molecule is COc1cccc([C@H](c2cc3cc(C#N)ccc3nc2OC)[C@@](O)(CCN(C)C)c2cc(SC)nc(SC)c2)c1F. The molecular formula is C31H33FN4O3S2. The van der Waals surface area contributed by atoms with Crippen molar-refractivity contribution in [1.82, 2.24) is 14.9 Å². The number of aromatic nitrogens is 2. The molecule has 2 atom stereocenters. The number of thioether (sulfide) groups is 2. The molecule has 0 bridgehead atoms. The first kappa shape index (κ1) is 30.6. The van der Waals surface area contributed by atoms with Gasteiger partial charge < -0.3 is 19.5 Å². The molecule has 1 N–H and O–H groups in total. The van der Waals surface area contributed by atoms with Crippen molar-refractivity contribution in [1.29, 1.82) is 5.26 Å². The van der Waals surface area contributed by atoms with Crippen molar-refractivity contribution in [3.05, 3.63) is 82.7 Å². The molecule has 0 unspecified atom stereocenters. The predicted octanol–water partition coefficient (Wildman–Crippen LogP) is 6.07. The number of ether oxygens (including phenoxy) is 2. The molecule has 2 aromatic carbocycles. The highest BCUT2D eigenvalue weighted by atomic mass is 32.2. The number of fused-ring (bicyclic) bond motifs is 1. The Morgan fingerprint density at radius 3 is 2.29 bits per heavy atom. The van der Waals surface area contributed by atoms with Crippen LogP contribution in [0.4, 0.5) is 4.39 Å². The van der Waals surface area contributed by atoms with Gasteiger partial charge in [-0.3, -0.25) is 0 Å². The van der Waals surface area contributed by atoms with Gasteiger partial charge in [0, 0.05) is 23.1 Å². The Morgan fingerprint density at radius 1 is 1.00 bits per heavy atom. The van der Waals surface area contributed by atoms with Gasteiger partial charge in [0.05, 0.1) is 47.3 Å². The van der Waals surface area contributed by atoms with Crippen molar-refractivity contribution in [2.24, 2.45) is 0 Å². The summed E-state index contributed by atoms with van der Waals surface area (Å²) in [6.45, 7) is 0.506. The van der Waals surface area contributed by atoms with Gasteiger partial charge in [-0.15, -0.1) is 23.5 Å². The third-order valence-corrected chi connectivity index (χ3v) is 8.33. The molecule has 2 aromatic heterocycles. The maximum atomic E-state index is 16.2. The van der Waals surface area contributed by atoms with Crippen LogP contribution in [0.25, 0.3) is 10.9 Å². The van der Waals surface area contributed by atoms with Crippen molar-refractivity contribution < 1.29 is 19.0 Å². The van der Waals surface area contributed by atoms with Crippen LogP contribution in [0.5, 0.6) is 11.6 Å². The Balaban J connectivity index is 2.13. The minimum atomic E-state index is -1.63. The third kappa shape index (κ3) is 6.28. The zero-order valence-corrected chi connectivity index (χ0v) is 25.6. The second kappa shape index (κ2) is 13.1. The number of hydrogen-bond acceptors (Lipinski definition) is 9. The lowest BCUT2D eigenvalue weighted by Gasteiger charge is -2.39. The molecule has 2 heterocycles. The summed E-state index contributed by atoms with van der Waals surface area (Å²) in [5, 5.41) is 24.7. The molecule has 0 fully saturated rings. The van der Waals surface area contributed by atoms with Crippen molar-refractivity contribution in [3.8, 4) is 17.7 Å². The number of halogens is 1. The molecular weight excluding hydrogens is 559 g/mol. The molecule has 0 spiro atoms. The van der Waals surface area contributed by atoms with Crippen LogP contribution < -0.4 is 9.47 Å². The van der Waals surface area contributed by atoms with Gasteiger partial charge in [0.25, 0.3) is 0 Å². The minimum absolute atomic E-state index is 0.0614. The molecule has 0 aliphatic carbocycles. The van der Waals surface area contributed by atoms with Gasteiger partial charge in [-0.05, 0) is 81.1 Å². The number of pyridine rings is 2. The summed E-state index contributed by atoms with van der Waals surface area (Å²) in [5.74, 6) is -1.24. The maximum Gasteiger partial charge on any atom is 0.217 e. The number of nitriles is 1. The van der Waals surface area contributed by atoms with E-state index >= 15 is 4.39 Å². The van der Waals surface area contributed by atoms with Crippen LogP contribution >= 0.6 is 23.5 Å². The molecule has 0 amide bonds. The van der Waals surface area contributed by atoms with E-state index in [9.17, 15) is 10.4 Å². The van der Waals surface area contributed by atoms with Crippen molar-refractivity contribution in [2.45, 2.75) is 28.0 Å². The standard InChI is InChI=1S/C31H33FN4O3S2/c1-36(2)13-12-31(37,21-16-26(40-5)35-27(17-21)41-6)28(22-8-7-9-25(38-3)29(22)32)23-15-20-14-19(18-33)10-11-24(20)34-30(23)39-4/h7-11,14-17,28,37H,12-13H2,1-6H3/t28-,31-/m1/s1. The van der Waals surface area contributed by atoms with Gasteiger partial charge >= 0.3 is 0 Å². The first-order chi connectivity index (χ1) is 19.7. The van der Waals surface area contributed by atoms with Gasteiger partial charge in [0.2, 0.25) is 5.88 Å². The van der Waals surface area contributed by atoms with Gasteiger partial charge in [0.1, 0.15) is 5.60 Å². The number of benzene rings is 2. The number of nitrogens with zero attached hydrogens (tertiary/aromatic N) is 4. The second-order valence-electron chi connectivity index (χ2n) is 9.82. The minimum Gasteiger partial charge on any atom is -0.494 e. The number of methoxy groups -OCH3 is 2. The number of aliphatic hydroxyl groups is 1. The average Bonchev–Trinajstić information content (AvgIpc) is 2.99. The molecule has 7 nitrogen and oxygen atoms in total. The second-order valence-corrected chi connectivity index (χ2v) is 11.5. The van der Waals surface area contributed by atoms with Gasteiger partial charge in [0.15, 0.2) is 11.6 Å². The first-order valence-corrected chi connectivity index (χ1v) is 15.3. The monoisotopic (exact) mass is 592 g/mol. The highest BCUT2D eigenvalue weighted by Gasteiger charge is 2.44. The summed E-state index contributed by atoms with van der Waals surface area (Å²) in [5.41, 5.74) is 0.759. The van der Waals surface area contributed by atoms with Crippen LogP contribution in [-0.2, 0) is 5.60 Å². The quantitative estimate of drug-likeness (QED) is 0.208. The Hall–Kier alpha value is -3.36. The molecule has 0 saturated heterocycles. The van der Waals surface area contributed by atoms with E-state index in [0.717, 1.165) is 10.1 Å². The molecule has 0 aliphatic rings. The Morgan fingerprint density at radius 2 is 1.71 bits per heavy atom. The van der Waals surface area contributed by atoms with Crippen molar-refractivity contribution >= 4 is 34.4 Å². The van der Waals surface area contributed by atoms with Crippen LogP contribution in [0.15, 0.2) is 64.6 Å². The normalized spacial score (nSPS) is 13.6. The fraction of sp³-hybridized carbons (Fsp3) is 0.323. The number of rotatable bonds is 11. The lowest BCUT2D eigenvalue weighted by molar-refractivity contribution is 0.00228. The summed E-state index contributed by atoms with van der Waals surface area (Å²) in [7, 11) is 6.77. The van der Waals surface area contributed by atoms with Gasteiger partial charge in [-0.25, -0.2) is 14.4 Å². The largest absolute Gasteiger partial charge is 0.494 e. The van der Waals surface area contributed by atoms with E-state index in [4.69, 9.17) is 14.5 Å². The zero-order valence-electron chi connectivity index (χ0n) is 23.9. The molecule has 41 heavy (non-hydrogen) atoms. The summed E-state index contributed by atoms with van der Waals surface area (Å²) in [4.78, 5) is 11.4. The summed E-state index contributed by atoms with van der Waals surface area (Å²) < 4.78 is 27.4. The highest BCUT2D eigenvalue weighted by Crippen LogP contribution is 2.49. The van der Waals surface area contributed by atoms with Crippen molar-refractivity contribution in [3.63, 3.8) is 0 Å². The van der Waals surface area contributed by atoms with E-state index in [1.165, 1.54) is 37.7 Å².